The molecule has 0 bridgehead atoms. The summed E-state index contributed by atoms with van der Waals surface area (Å²) < 4.78 is 0. The van der Waals surface area contributed by atoms with Crippen LogP contribution in [0.5, 0.6) is 0 Å². The smallest absolute Gasteiger partial charge is 0.272 e. The van der Waals surface area contributed by atoms with Crippen LogP contribution >= 0.6 is 11.8 Å². The minimum atomic E-state index is -0.649. The zero-order valence-corrected chi connectivity index (χ0v) is 24.2. The fourth-order valence-electron chi connectivity index (χ4n) is 3.92. The predicted molar refractivity (Wildman–Crippen MR) is 169 cm³/mol. The number of carbonyl (C=O) groups is 4. The van der Waals surface area contributed by atoms with Gasteiger partial charge in [-0.05, 0) is 79.2 Å². The van der Waals surface area contributed by atoms with Crippen LogP contribution in [0.4, 0.5) is 17.1 Å². The first-order valence-electron chi connectivity index (χ1n) is 13.2. The molecule has 4 amide bonds. The number of non-ortho nitro benzene ring substituents is 1. The third kappa shape index (κ3) is 8.39. The van der Waals surface area contributed by atoms with E-state index in [1.54, 1.807) is 79.7 Å². The van der Waals surface area contributed by atoms with Gasteiger partial charge in [0.25, 0.3) is 23.4 Å². The second-order valence-electron chi connectivity index (χ2n) is 9.36. The number of anilines is 2. The molecule has 0 spiro atoms. The lowest BCUT2D eigenvalue weighted by Crippen LogP contribution is -2.30. The number of carbonyl (C=O) groups excluding carboxylic acids is 4. The molecule has 0 aliphatic carbocycles. The van der Waals surface area contributed by atoms with Crippen molar-refractivity contribution in [3.8, 4) is 0 Å². The number of para-hydroxylation sites is 1. The number of amides is 4. The molecule has 1 atom stereocenters. The van der Waals surface area contributed by atoms with Crippen LogP contribution in [0.15, 0.2) is 114 Å². The van der Waals surface area contributed by atoms with Crippen molar-refractivity contribution in [1.82, 2.24) is 5.32 Å². The molecule has 0 heterocycles. The van der Waals surface area contributed by atoms with E-state index in [2.05, 4.69) is 16.0 Å². The lowest BCUT2D eigenvalue weighted by Gasteiger charge is -2.14. The van der Waals surface area contributed by atoms with E-state index in [1.807, 2.05) is 0 Å². The summed E-state index contributed by atoms with van der Waals surface area (Å²) in [5.41, 5.74) is 6.97. The molecule has 0 radical (unpaired) electrons. The number of hydrogen-bond acceptors (Lipinski definition) is 7. The Kier molecular flexibility index (Phi) is 10.2. The summed E-state index contributed by atoms with van der Waals surface area (Å²) in [5, 5.41) is 18.6. The molecule has 0 aromatic heterocycles. The van der Waals surface area contributed by atoms with Gasteiger partial charge in [-0.3, -0.25) is 29.3 Å². The van der Waals surface area contributed by atoms with Gasteiger partial charge >= 0.3 is 0 Å². The van der Waals surface area contributed by atoms with Crippen LogP contribution in [0.25, 0.3) is 6.08 Å². The number of hydrogen-bond donors (Lipinski definition) is 4. The zero-order valence-electron chi connectivity index (χ0n) is 23.4. The van der Waals surface area contributed by atoms with E-state index in [9.17, 15) is 29.3 Å². The summed E-state index contributed by atoms with van der Waals surface area (Å²) in [6, 6.07) is 27.1. The first kappa shape index (κ1) is 31.2. The van der Waals surface area contributed by atoms with Gasteiger partial charge in [-0.2, -0.15) is 0 Å². The minimum Gasteiger partial charge on any atom is -0.366 e. The fourth-order valence-corrected chi connectivity index (χ4v) is 4.78. The minimum absolute atomic E-state index is 0.0762. The third-order valence-corrected chi connectivity index (χ3v) is 7.30. The van der Waals surface area contributed by atoms with Crippen LogP contribution in [0.2, 0.25) is 0 Å². The van der Waals surface area contributed by atoms with Gasteiger partial charge < -0.3 is 21.7 Å². The average molecular weight is 610 g/mol. The molecule has 0 aliphatic rings. The Hall–Kier alpha value is -5.75. The van der Waals surface area contributed by atoms with Gasteiger partial charge in [-0.1, -0.05) is 30.3 Å². The van der Waals surface area contributed by atoms with Crippen molar-refractivity contribution >= 4 is 58.5 Å². The number of nitrogens with one attached hydrogen (secondary N) is 3. The Morgan fingerprint density at radius 1 is 0.841 bits per heavy atom. The number of nitro groups is 1. The predicted octanol–water partition coefficient (Wildman–Crippen LogP) is 5.22. The monoisotopic (exact) mass is 609 g/mol. The van der Waals surface area contributed by atoms with Crippen molar-refractivity contribution < 1.29 is 24.1 Å². The highest BCUT2D eigenvalue weighted by atomic mass is 32.2. The van der Waals surface area contributed by atoms with E-state index in [1.165, 1.54) is 48.2 Å². The van der Waals surface area contributed by atoms with Crippen LogP contribution in [0, 0.1) is 10.1 Å². The highest BCUT2D eigenvalue weighted by Gasteiger charge is 2.18. The third-order valence-electron chi connectivity index (χ3n) is 6.19. The van der Waals surface area contributed by atoms with Crippen molar-refractivity contribution in [3.05, 3.63) is 136 Å². The van der Waals surface area contributed by atoms with E-state index < -0.39 is 27.9 Å². The quantitative estimate of drug-likeness (QED) is 0.0780. The maximum absolute atomic E-state index is 13.3. The molecular formula is C32H27N5O6S. The molecule has 222 valence electrons. The standard InChI is InChI=1S/C32H27N5O6S/c1-20(30(39)35-27-10-6-5-9-26(27)29(33)38)44-25-17-13-23(14-18-25)34-32(41)28(36-31(40)22-7-3-2-4-8-22)19-21-11-15-24(16-12-21)37(42)43/h2-20H,1H3,(H2,33,38)(H,34,41)(H,35,39)(H,36,40)/b28-19-. The van der Waals surface area contributed by atoms with Gasteiger partial charge in [0.15, 0.2) is 0 Å². The summed E-state index contributed by atoms with van der Waals surface area (Å²) in [5.74, 6) is -2.10. The fraction of sp³-hybridized carbons (Fsp3) is 0.0625. The van der Waals surface area contributed by atoms with Gasteiger partial charge in [0, 0.05) is 28.3 Å². The second kappa shape index (κ2) is 14.4. The van der Waals surface area contributed by atoms with Crippen molar-refractivity contribution in [2.24, 2.45) is 5.73 Å². The number of benzene rings is 4. The summed E-state index contributed by atoms with van der Waals surface area (Å²) >= 11 is 1.27. The van der Waals surface area contributed by atoms with Gasteiger partial charge in [0.1, 0.15) is 5.70 Å². The Labute approximate surface area is 256 Å². The maximum atomic E-state index is 13.3. The molecule has 4 aromatic carbocycles. The van der Waals surface area contributed by atoms with Gasteiger partial charge in [0.2, 0.25) is 5.91 Å². The van der Waals surface area contributed by atoms with Crippen molar-refractivity contribution in [1.29, 1.82) is 0 Å². The average Bonchev–Trinajstić information content (AvgIpc) is 3.02. The Morgan fingerprint density at radius 3 is 2.11 bits per heavy atom. The maximum Gasteiger partial charge on any atom is 0.272 e. The topological polar surface area (TPSA) is 174 Å². The van der Waals surface area contributed by atoms with Crippen molar-refractivity contribution in [3.63, 3.8) is 0 Å². The molecule has 0 saturated heterocycles. The normalized spacial score (nSPS) is 11.6. The van der Waals surface area contributed by atoms with Crippen LogP contribution < -0.4 is 21.7 Å². The SMILES string of the molecule is CC(Sc1ccc(NC(=O)/C(=C/c2ccc([N+](=O)[O-])cc2)NC(=O)c2ccccc2)cc1)C(=O)Nc1ccccc1C(N)=O. The zero-order chi connectivity index (χ0) is 31.6. The number of thioether (sulfide) groups is 1. The molecule has 11 nitrogen and oxygen atoms in total. The lowest BCUT2D eigenvalue weighted by molar-refractivity contribution is -0.384. The van der Waals surface area contributed by atoms with Gasteiger partial charge in [-0.25, -0.2) is 0 Å². The largest absolute Gasteiger partial charge is 0.366 e. The number of rotatable bonds is 11. The Balaban J connectivity index is 1.45. The highest BCUT2D eigenvalue weighted by Crippen LogP contribution is 2.26. The second-order valence-corrected chi connectivity index (χ2v) is 10.8. The van der Waals surface area contributed by atoms with Crippen LogP contribution in [0.1, 0.15) is 33.2 Å². The Bertz CT molecular complexity index is 1720. The summed E-state index contributed by atoms with van der Waals surface area (Å²) in [7, 11) is 0. The van der Waals surface area contributed by atoms with Crippen LogP contribution in [-0.2, 0) is 9.59 Å². The molecule has 5 N–H and O–H groups in total. The van der Waals surface area contributed by atoms with Gasteiger partial charge in [-0.15, -0.1) is 11.8 Å². The molecule has 1 unspecified atom stereocenters. The first-order chi connectivity index (χ1) is 21.1. The molecule has 4 rings (SSSR count). The van der Waals surface area contributed by atoms with E-state index in [0.717, 1.165) is 4.90 Å². The molecule has 0 fully saturated rings. The highest BCUT2D eigenvalue weighted by molar-refractivity contribution is 8.00. The number of nitro benzene ring substituents is 1. The van der Waals surface area contributed by atoms with Crippen LogP contribution in [-0.4, -0.2) is 33.8 Å². The molecule has 4 aromatic rings. The van der Waals surface area contributed by atoms with E-state index >= 15 is 0 Å². The Morgan fingerprint density at radius 2 is 1.48 bits per heavy atom. The van der Waals surface area contributed by atoms with E-state index in [4.69, 9.17) is 5.73 Å². The molecular weight excluding hydrogens is 582 g/mol. The number of nitrogens with zero attached hydrogens (tertiary/aromatic N) is 1. The summed E-state index contributed by atoms with van der Waals surface area (Å²) in [4.78, 5) is 61.7. The summed E-state index contributed by atoms with van der Waals surface area (Å²) in [6.45, 7) is 1.72. The molecule has 0 aliphatic heterocycles. The molecule has 0 saturated carbocycles. The summed E-state index contributed by atoms with van der Waals surface area (Å²) in [6.07, 6.45) is 1.42. The first-order valence-corrected chi connectivity index (χ1v) is 14.1. The molecule has 44 heavy (non-hydrogen) atoms. The van der Waals surface area contributed by atoms with Crippen molar-refractivity contribution in [2.75, 3.05) is 10.6 Å². The van der Waals surface area contributed by atoms with Crippen molar-refractivity contribution in [2.45, 2.75) is 17.1 Å². The van der Waals surface area contributed by atoms with Crippen LogP contribution in [0.3, 0.4) is 0 Å². The number of primary amides is 1. The lowest BCUT2D eigenvalue weighted by atomic mass is 10.1. The molecule has 12 heteroatoms. The van der Waals surface area contributed by atoms with E-state index in [0.29, 0.717) is 22.5 Å². The van der Waals surface area contributed by atoms with E-state index in [-0.39, 0.29) is 22.9 Å². The number of nitrogens with two attached hydrogens (primary N) is 1. The van der Waals surface area contributed by atoms with Gasteiger partial charge in [0.05, 0.1) is 21.4 Å².